The molecule has 2 aromatic rings. The van der Waals surface area contributed by atoms with Gasteiger partial charge in [0.05, 0.1) is 9.83 Å². The molecular formula is C13H13Br2NS. The van der Waals surface area contributed by atoms with Crippen LogP contribution in [-0.2, 0) is 0 Å². The van der Waals surface area contributed by atoms with Crippen molar-refractivity contribution in [1.82, 2.24) is 5.32 Å². The summed E-state index contributed by atoms with van der Waals surface area (Å²) in [5, 5.41) is 3.38. The first kappa shape index (κ1) is 13.3. The lowest BCUT2D eigenvalue weighted by molar-refractivity contribution is 0.690. The molecule has 0 aliphatic heterocycles. The van der Waals surface area contributed by atoms with Crippen molar-refractivity contribution in [3.05, 3.63) is 54.6 Å². The lowest BCUT2D eigenvalue weighted by Gasteiger charge is -2.16. The maximum Gasteiger partial charge on any atom is 0.0704 e. The summed E-state index contributed by atoms with van der Waals surface area (Å²) in [6.45, 7) is 2.16. The van der Waals surface area contributed by atoms with Gasteiger partial charge in [0, 0.05) is 9.35 Å². The molecule has 0 aliphatic carbocycles. The van der Waals surface area contributed by atoms with Gasteiger partial charge in [-0.2, -0.15) is 0 Å². The summed E-state index contributed by atoms with van der Waals surface area (Å²) in [5.74, 6) is 0. The molecule has 1 heterocycles. The number of aryl methyl sites for hydroxylation is 1. The van der Waals surface area contributed by atoms with E-state index in [1.165, 1.54) is 19.8 Å². The minimum atomic E-state index is 0.255. The van der Waals surface area contributed by atoms with Crippen LogP contribution < -0.4 is 5.32 Å². The van der Waals surface area contributed by atoms with Crippen molar-refractivity contribution < 1.29 is 0 Å². The third-order valence-corrected chi connectivity index (χ3v) is 4.83. The molecule has 0 saturated heterocycles. The second kappa shape index (κ2) is 5.65. The van der Waals surface area contributed by atoms with Crippen LogP contribution in [0, 0.1) is 6.92 Å². The molecule has 0 radical (unpaired) electrons. The topological polar surface area (TPSA) is 12.0 Å². The minimum Gasteiger partial charge on any atom is -0.309 e. The van der Waals surface area contributed by atoms with E-state index in [0.29, 0.717) is 0 Å². The predicted octanol–water partition coefficient (Wildman–Crippen LogP) is 4.89. The van der Waals surface area contributed by atoms with Crippen LogP contribution in [0.5, 0.6) is 0 Å². The Kier molecular flexibility index (Phi) is 4.42. The minimum absolute atomic E-state index is 0.255. The van der Waals surface area contributed by atoms with E-state index >= 15 is 0 Å². The Bertz CT molecular complexity index is 505. The number of halogens is 2. The van der Waals surface area contributed by atoms with Gasteiger partial charge >= 0.3 is 0 Å². The molecule has 1 aromatic carbocycles. The summed E-state index contributed by atoms with van der Waals surface area (Å²) in [6.07, 6.45) is 0. The fraction of sp³-hybridized carbons (Fsp3) is 0.231. The zero-order valence-electron chi connectivity index (χ0n) is 9.63. The van der Waals surface area contributed by atoms with E-state index in [1.807, 2.05) is 7.05 Å². The predicted molar refractivity (Wildman–Crippen MR) is 81.8 cm³/mol. The van der Waals surface area contributed by atoms with Gasteiger partial charge in [-0.3, -0.25) is 0 Å². The van der Waals surface area contributed by atoms with Crippen LogP contribution in [0.15, 0.2) is 38.6 Å². The Morgan fingerprint density at radius 1 is 1.18 bits per heavy atom. The zero-order valence-corrected chi connectivity index (χ0v) is 13.6. The van der Waals surface area contributed by atoms with E-state index in [2.05, 4.69) is 74.4 Å². The van der Waals surface area contributed by atoms with Gasteiger partial charge in [-0.05, 0) is 59.2 Å². The molecule has 0 amide bonds. The highest BCUT2D eigenvalue weighted by Crippen LogP contribution is 2.33. The molecule has 1 aromatic heterocycles. The second-order valence-corrected chi connectivity index (χ2v) is 7.39. The molecule has 0 saturated carbocycles. The molecule has 1 N–H and O–H groups in total. The lowest BCUT2D eigenvalue weighted by Crippen LogP contribution is -2.17. The zero-order chi connectivity index (χ0) is 12.4. The van der Waals surface area contributed by atoms with Gasteiger partial charge in [-0.15, -0.1) is 11.3 Å². The summed E-state index contributed by atoms with van der Waals surface area (Å²) < 4.78 is 2.29. The van der Waals surface area contributed by atoms with Gasteiger partial charge < -0.3 is 5.32 Å². The van der Waals surface area contributed by atoms with E-state index in [4.69, 9.17) is 0 Å². The number of hydrogen-bond acceptors (Lipinski definition) is 2. The van der Waals surface area contributed by atoms with Crippen LogP contribution in [0.1, 0.15) is 22.0 Å². The molecule has 1 unspecified atom stereocenters. The van der Waals surface area contributed by atoms with Gasteiger partial charge in [0.2, 0.25) is 0 Å². The van der Waals surface area contributed by atoms with Crippen molar-refractivity contribution in [2.45, 2.75) is 13.0 Å². The first-order valence-electron chi connectivity index (χ1n) is 5.30. The molecule has 17 heavy (non-hydrogen) atoms. The molecule has 1 atom stereocenters. The van der Waals surface area contributed by atoms with Crippen molar-refractivity contribution in [3.8, 4) is 0 Å². The number of hydrogen-bond donors (Lipinski definition) is 1. The summed E-state index contributed by atoms with van der Waals surface area (Å²) in [5.41, 5.74) is 2.62. The molecule has 0 fully saturated rings. The maximum absolute atomic E-state index is 3.55. The molecule has 0 spiro atoms. The van der Waals surface area contributed by atoms with Crippen molar-refractivity contribution in [3.63, 3.8) is 0 Å². The summed E-state index contributed by atoms with van der Waals surface area (Å²) in [7, 11) is 2.00. The number of nitrogens with one attached hydrogen (secondary N) is 1. The fourth-order valence-corrected chi connectivity index (χ4v) is 3.91. The normalized spacial score (nSPS) is 12.7. The van der Waals surface area contributed by atoms with Gasteiger partial charge in [0.25, 0.3) is 0 Å². The Morgan fingerprint density at radius 2 is 1.82 bits per heavy atom. The standard InChI is InChI=1S/C13H13Br2NS/c1-8-11(7-12(15)17-8)13(16-2)9-3-5-10(14)6-4-9/h3-7,13,16H,1-2H3. The highest BCUT2D eigenvalue weighted by molar-refractivity contribution is 9.11. The van der Waals surface area contributed by atoms with E-state index in [9.17, 15) is 0 Å². The quantitative estimate of drug-likeness (QED) is 0.806. The SMILES string of the molecule is CNC(c1ccc(Br)cc1)c1cc(Br)sc1C. The number of rotatable bonds is 3. The summed E-state index contributed by atoms with van der Waals surface area (Å²) in [6, 6.07) is 10.9. The maximum atomic E-state index is 3.55. The molecular weight excluding hydrogens is 362 g/mol. The van der Waals surface area contributed by atoms with E-state index in [-0.39, 0.29) is 6.04 Å². The third kappa shape index (κ3) is 2.99. The Balaban J connectivity index is 2.39. The van der Waals surface area contributed by atoms with Crippen LogP contribution in [0.4, 0.5) is 0 Å². The van der Waals surface area contributed by atoms with Gasteiger partial charge in [-0.25, -0.2) is 0 Å². The van der Waals surface area contributed by atoms with Crippen LogP contribution in [0.25, 0.3) is 0 Å². The van der Waals surface area contributed by atoms with Crippen molar-refractivity contribution in [2.24, 2.45) is 0 Å². The summed E-state index contributed by atoms with van der Waals surface area (Å²) >= 11 is 8.79. The highest BCUT2D eigenvalue weighted by Gasteiger charge is 2.16. The van der Waals surface area contributed by atoms with Crippen molar-refractivity contribution in [2.75, 3.05) is 7.05 Å². The van der Waals surface area contributed by atoms with Crippen LogP contribution >= 0.6 is 43.2 Å². The molecule has 1 nitrogen and oxygen atoms in total. The van der Waals surface area contributed by atoms with Crippen LogP contribution in [-0.4, -0.2) is 7.05 Å². The van der Waals surface area contributed by atoms with Crippen LogP contribution in [0.3, 0.4) is 0 Å². The largest absolute Gasteiger partial charge is 0.309 e. The first-order valence-corrected chi connectivity index (χ1v) is 7.70. The molecule has 90 valence electrons. The Labute approximate surface area is 123 Å². The lowest BCUT2D eigenvalue weighted by atomic mass is 10.00. The molecule has 2 rings (SSSR count). The second-order valence-electron chi connectivity index (χ2n) is 3.84. The van der Waals surface area contributed by atoms with Crippen molar-refractivity contribution in [1.29, 1.82) is 0 Å². The fourth-order valence-electron chi connectivity index (χ4n) is 1.90. The van der Waals surface area contributed by atoms with Crippen molar-refractivity contribution >= 4 is 43.2 Å². The van der Waals surface area contributed by atoms with E-state index in [1.54, 1.807) is 11.3 Å². The molecule has 0 aliphatic rings. The average Bonchev–Trinajstić information content (AvgIpc) is 2.62. The Hall–Kier alpha value is -0.160. The van der Waals surface area contributed by atoms with Gasteiger partial charge in [-0.1, -0.05) is 28.1 Å². The highest BCUT2D eigenvalue weighted by atomic mass is 79.9. The Morgan fingerprint density at radius 3 is 2.29 bits per heavy atom. The average molecular weight is 375 g/mol. The van der Waals surface area contributed by atoms with Gasteiger partial charge in [0.15, 0.2) is 0 Å². The van der Waals surface area contributed by atoms with E-state index in [0.717, 1.165) is 4.47 Å². The monoisotopic (exact) mass is 373 g/mol. The van der Waals surface area contributed by atoms with Crippen LogP contribution in [0.2, 0.25) is 0 Å². The summed E-state index contributed by atoms with van der Waals surface area (Å²) in [4.78, 5) is 1.35. The number of thiophene rings is 1. The first-order chi connectivity index (χ1) is 8.11. The molecule has 4 heteroatoms. The van der Waals surface area contributed by atoms with E-state index < -0.39 is 0 Å². The number of benzene rings is 1. The van der Waals surface area contributed by atoms with Gasteiger partial charge in [0.1, 0.15) is 0 Å². The third-order valence-electron chi connectivity index (χ3n) is 2.73. The molecule has 0 bridgehead atoms. The smallest absolute Gasteiger partial charge is 0.0704 e.